The summed E-state index contributed by atoms with van der Waals surface area (Å²) in [6, 6.07) is 12.9. The lowest BCUT2D eigenvalue weighted by Crippen LogP contribution is -2.23. The van der Waals surface area contributed by atoms with E-state index in [2.05, 4.69) is 34.6 Å². The second-order valence-corrected chi connectivity index (χ2v) is 6.34. The Balaban J connectivity index is 1.81. The maximum absolute atomic E-state index is 5.87. The third-order valence-electron chi connectivity index (χ3n) is 3.47. The van der Waals surface area contributed by atoms with Crippen molar-refractivity contribution >= 4 is 23.4 Å². The van der Waals surface area contributed by atoms with Crippen LogP contribution in [0.15, 0.2) is 47.6 Å². The minimum absolute atomic E-state index is 0.388. The van der Waals surface area contributed by atoms with E-state index in [1.54, 1.807) is 6.20 Å². The van der Waals surface area contributed by atoms with E-state index in [4.69, 9.17) is 11.6 Å². The number of fused-ring (bicyclic) bond motifs is 1. The van der Waals surface area contributed by atoms with Crippen molar-refractivity contribution in [3.8, 4) is 0 Å². The van der Waals surface area contributed by atoms with Gasteiger partial charge in [0.15, 0.2) is 0 Å². The lowest BCUT2D eigenvalue weighted by Gasteiger charge is -2.19. The largest absolute Gasteiger partial charge is 0.312 e. The first-order chi connectivity index (χ1) is 9.28. The van der Waals surface area contributed by atoms with Crippen molar-refractivity contribution in [3.05, 3.63) is 58.7 Å². The van der Waals surface area contributed by atoms with Crippen LogP contribution in [0.3, 0.4) is 0 Å². The second kappa shape index (κ2) is 5.53. The summed E-state index contributed by atoms with van der Waals surface area (Å²) in [7, 11) is 2.02. The molecular formula is C15H15ClN2S. The molecule has 0 amide bonds. The normalized spacial score (nSPS) is 21.4. The number of thioether (sulfide) groups is 1. The molecule has 2 unspecified atom stereocenters. The lowest BCUT2D eigenvalue weighted by atomic mass is 10.1. The Bertz CT molecular complexity index is 571. The van der Waals surface area contributed by atoms with Crippen LogP contribution in [0.25, 0.3) is 0 Å². The van der Waals surface area contributed by atoms with Gasteiger partial charge in [-0.1, -0.05) is 35.9 Å². The van der Waals surface area contributed by atoms with E-state index in [9.17, 15) is 0 Å². The molecule has 98 valence electrons. The number of hydrogen-bond donors (Lipinski definition) is 1. The maximum atomic E-state index is 5.87. The molecule has 0 fully saturated rings. The van der Waals surface area contributed by atoms with Crippen LogP contribution in [-0.2, 0) is 6.42 Å². The van der Waals surface area contributed by atoms with E-state index in [1.807, 2.05) is 30.9 Å². The molecule has 0 saturated heterocycles. The van der Waals surface area contributed by atoms with E-state index < -0.39 is 0 Å². The molecule has 1 aromatic heterocycles. The van der Waals surface area contributed by atoms with Gasteiger partial charge >= 0.3 is 0 Å². The van der Waals surface area contributed by atoms with Crippen LogP contribution in [0.2, 0.25) is 5.02 Å². The summed E-state index contributed by atoms with van der Waals surface area (Å²) in [5.41, 5.74) is 2.85. The first-order valence-corrected chi connectivity index (χ1v) is 7.57. The van der Waals surface area contributed by atoms with Gasteiger partial charge in [-0.25, -0.2) is 4.98 Å². The first-order valence-electron chi connectivity index (χ1n) is 6.31. The van der Waals surface area contributed by atoms with Crippen LogP contribution < -0.4 is 5.32 Å². The summed E-state index contributed by atoms with van der Waals surface area (Å²) in [4.78, 5) is 4.38. The molecule has 4 heteroatoms. The molecule has 1 heterocycles. The zero-order chi connectivity index (χ0) is 13.2. The monoisotopic (exact) mass is 290 g/mol. The van der Waals surface area contributed by atoms with Crippen LogP contribution >= 0.6 is 23.4 Å². The fraction of sp³-hybridized carbons (Fsp3) is 0.267. The maximum Gasteiger partial charge on any atom is 0.0964 e. The van der Waals surface area contributed by atoms with Crippen LogP contribution in [-0.4, -0.2) is 17.3 Å². The Morgan fingerprint density at radius 1 is 1.26 bits per heavy atom. The molecule has 19 heavy (non-hydrogen) atoms. The summed E-state index contributed by atoms with van der Waals surface area (Å²) in [6.45, 7) is 0. The molecule has 0 aliphatic heterocycles. The van der Waals surface area contributed by atoms with Crippen molar-refractivity contribution in [3.63, 3.8) is 0 Å². The Kier molecular flexibility index (Phi) is 3.78. The van der Waals surface area contributed by atoms with Gasteiger partial charge in [0.2, 0.25) is 0 Å². The van der Waals surface area contributed by atoms with E-state index >= 15 is 0 Å². The van der Waals surface area contributed by atoms with Crippen molar-refractivity contribution in [2.24, 2.45) is 0 Å². The average Bonchev–Trinajstić information content (AvgIpc) is 2.78. The highest BCUT2D eigenvalue weighted by atomic mass is 35.5. The fourth-order valence-corrected chi connectivity index (χ4v) is 3.96. The summed E-state index contributed by atoms with van der Waals surface area (Å²) in [5.74, 6) is 0. The van der Waals surface area contributed by atoms with Gasteiger partial charge < -0.3 is 5.32 Å². The molecule has 0 saturated carbocycles. The van der Waals surface area contributed by atoms with Crippen LogP contribution in [0.1, 0.15) is 17.2 Å². The molecule has 3 rings (SSSR count). The summed E-state index contributed by atoms with van der Waals surface area (Å²) in [5, 5.41) is 5.62. The molecule has 0 bridgehead atoms. The number of aromatic nitrogens is 1. The van der Waals surface area contributed by atoms with Crippen molar-refractivity contribution in [2.45, 2.75) is 22.7 Å². The van der Waals surface area contributed by atoms with E-state index in [0.717, 1.165) is 11.4 Å². The van der Waals surface area contributed by atoms with Gasteiger partial charge in [0.05, 0.1) is 10.0 Å². The zero-order valence-electron chi connectivity index (χ0n) is 10.6. The SMILES string of the molecule is CNC1c2ccccc2CC1Sc1ccc(Cl)cn1. The number of halogens is 1. The van der Waals surface area contributed by atoms with Crippen molar-refractivity contribution < 1.29 is 0 Å². The highest BCUT2D eigenvalue weighted by Gasteiger charge is 2.31. The smallest absolute Gasteiger partial charge is 0.0964 e. The molecule has 0 radical (unpaired) electrons. The van der Waals surface area contributed by atoms with Crippen molar-refractivity contribution in [1.29, 1.82) is 0 Å². The number of rotatable bonds is 3. The van der Waals surface area contributed by atoms with Gasteiger partial charge in [-0.15, -0.1) is 11.8 Å². The summed E-state index contributed by atoms with van der Waals surface area (Å²) >= 11 is 7.69. The highest BCUT2D eigenvalue weighted by Crippen LogP contribution is 2.40. The Labute approximate surface area is 122 Å². The van der Waals surface area contributed by atoms with Gasteiger partial charge in [0.25, 0.3) is 0 Å². The number of hydrogen-bond acceptors (Lipinski definition) is 3. The Hall–Kier alpha value is -1.03. The van der Waals surface area contributed by atoms with Crippen LogP contribution in [0.4, 0.5) is 0 Å². The molecule has 2 aromatic rings. The van der Waals surface area contributed by atoms with E-state index in [1.165, 1.54) is 11.1 Å². The van der Waals surface area contributed by atoms with Gasteiger partial charge in [-0.2, -0.15) is 0 Å². The van der Waals surface area contributed by atoms with Gasteiger partial charge in [0, 0.05) is 17.5 Å². The predicted octanol–water partition coefficient (Wildman–Crippen LogP) is 3.71. The van der Waals surface area contributed by atoms with E-state index in [0.29, 0.717) is 16.3 Å². The minimum atomic E-state index is 0.388. The highest BCUT2D eigenvalue weighted by molar-refractivity contribution is 7.99. The number of nitrogens with zero attached hydrogens (tertiary/aromatic N) is 1. The number of nitrogens with one attached hydrogen (secondary N) is 1. The van der Waals surface area contributed by atoms with E-state index in [-0.39, 0.29) is 0 Å². The number of benzene rings is 1. The Morgan fingerprint density at radius 3 is 2.84 bits per heavy atom. The molecular weight excluding hydrogens is 276 g/mol. The lowest BCUT2D eigenvalue weighted by molar-refractivity contribution is 0.603. The number of pyridine rings is 1. The molecule has 2 nitrogen and oxygen atoms in total. The van der Waals surface area contributed by atoms with Gasteiger partial charge in [-0.05, 0) is 36.7 Å². The molecule has 1 aromatic carbocycles. The summed E-state index contributed by atoms with van der Waals surface area (Å²) in [6.07, 6.45) is 2.79. The minimum Gasteiger partial charge on any atom is -0.312 e. The first kappa shape index (κ1) is 13.0. The molecule has 0 spiro atoms. The van der Waals surface area contributed by atoms with Crippen molar-refractivity contribution in [2.75, 3.05) is 7.05 Å². The fourth-order valence-electron chi connectivity index (χ4n) is 2.60. The topological polar surface area (TPSA) is 24.9 Å². The molecule has 1 aliphatic rings. The molecule has 1 N–H and O–H groups in total. The predicted molar refractivity (Wildman–Crippen MR) is 80.8 cm³/mol. The van der Waals surface area contributed by atoms with Crippen LogP contribution in [0.5, 0.6) is 0 Å². The summed E-state index contributed by atoms with van der Waals surface area (Å²) < 4.78 is 0. The zero-order valence-corrected chi connectivity index (χ0v) is 12.2. The second-order valence-electron chi connectivity index (χ2n) is 4.64. The quantitative estimate of drug-likeness (QED) is 0.933. The third kappa shape index (κ3) is 2.64. The van der Waals surface area contributed by atoms with Crippen LogP contribution in [0, 0.1) is 0 Å². The molecule has 1 aliphatic carbocycles. The third-order valence-corrected chi connectivity index (χ3v) is 4.91. The molecule has 2 atom stereocenters. The van der Waals surface area contributed by atoms with Gasteiger partial charge in [-0.3, -0.25) is 0 Å². The average molecular weight is 291 g/mol. The Morgan fingerprint density at radius 2 is 2.11 bits per heavy atom. The van der Waals surface area contributed by atoms with Gasteiger partial charge in [0.1, 0.15) is 0 Å². The van der Waals surface area contributed by atoms with Crippen molar-refractivity contribution in [1.82, 2.24) is 10.3 Å². The standard InChI is InChI=1S/C15H15ClN2S/c1-17-15-12-5-3-2-4-10(12)8-13(15)19-14-7-6-11(16)9-18-14/h2-7,9,13,15,17H,8H2,1H3.